The van der Waals surface area contributed by atoms with Crippen molar-refractivity contribution in [2.75, 3.05) is 0 Å². The fraction of sp³-hybridized carbons (Fsp3) is 0. The Bertz CT molecular complexity index is 85.3. The van der Waals surface area contributed by atoms with Crippen molar-refractivity contribution in [1.82, 2.24) is 0 Å². The van der Waals surface area contributed by atoms with Gasteiger partial charge in [-0.25, -0.2) is 0 Å². The molecule has 8 heteroatoms. The van der Waals surface area contributed by atoms with Crippen LogP contribution < -0.4 is 113 Å². The number of rotatable bonds is 0. The molecule has 0 fully saturated rings. The molecule has 0 aliphatic heterocycles. The molecule has 0 rings (SSSR count). The zero-order valence-electron chi connectivity index (χ0n) is 5.63. The van der Waals surface area contributed by atoms with Crippen LogP contribution in [0.2, 0.25) is 0 Å². The second-order valence-corrected chi connectivity index (χ2v) is 0.575. The summed E-state index contributed by atoms with van der Waals surface area (Å²) in [6.07, 6.45) is 0. The first-order chi connectivity index (χ1) is 2.64. The molecule has 0 unspecified atom stereocenters. The molecule has 42 valence electrons. The number of carbonyl (C=O) groups is 2. The fourth-order valence-electron chi connectivity index (χ4n) is 0. The monoisotopic (exact) mass is 262 g/mol. The standard InChI is InChI=1S/C2H2O4.2K.2Ti/c3-1(4)2(5)6;;;;/h(H,3,4)(H,5,6);;;;/q;2*+1;;/p-2. The van der Waals surface area contributed by atoms with Crippen LogP contribution in [-0.2, 0) is 53.0 Å². The minimum absolute atomic E-state index is 0. The van der Waals surface area contributed by atoms with E-state index in [1.54, 1.807) is 0 Å². The van der Waals surface area contributed by atoms with Crippen molar-refractivity contribution < 1.29 is 166 Å². The van der Waals surface area contributed by atoms with E-state index in [1.807, 2.05) is 0 Å². The van der Waals surface area contributed by atoms with Crippen molar-refractivity contribution in [3.63, 3.8) is 0 Å². The van der Waals surface area contributed by atoms with Crippen LogP contribution in [0.25, 0.3) is 0 Å². The molecular formula is C2K2O4Ti2. The summed E-state index contributed by atoms with van der Waals surface area (Å²) in [6, 6.07) is 0. The van der Waals surface area contributed by atoms with Crippen molar-refractivity contribution in [3.8, 4) is 0 Å². The molecule has 0 bridgehead atoms. The molecule has 0 atom stereocenters. The topological polar surface area (TPSA) is 80.3 Å². The van der Waals surface area contributed by atoms with E-state index in [9.17, 15) is 0 Å². The molecule has 0 radical (unpaired) electrons. The third-order valence-electron chi connectivity index (χ3n) is 0.167. The molecule has 0 aromatic heterocycles. The van der Waals surface area contributed by atoms with Gasteiger partial charge in [0, 0.05) is 43.4 Å². The Balaban J connectivity index is -0.0000000208. The first kappa shape index (κ1) is 29.2. The summed E-state index contributed by atoms with van der Waals surface area (Å²) in [5, 5.41) is 17.9. The average molecular weight is 262 g/mol. The van der Waals surface area contributed by atoms with Gasteiger partial charge in [-0.15, -0.1) is 0 Å². The van der Waals surface area contributed by atoms with Crippen LogP contribution >= 0.6 is 0 Å². The summed E-state index contributed by atoms with van der Waals surface area (Å²) < 4.78 is 0. The summed E-state index contributed by atoms with van der Waals surface area (Å²) in [7, 11) is 0. The van der Waals surface area contributed by atoms with E-state index in [0.717, 1.165) is 0 Å². The molecule has 0 saturated heterocycles. The van der Waals surface area contributed by atoms with Crippen LogP contribution in [0, 0.1) is 0 Å². The van der Waals surface area contributed by atoms with Gasteiger partial charge in [-0.2, -0.15) is 0 Å². The van der Waals surface area contributed by atoms with Gasteiger partial charge in [-0.1, -0.05) is 0 Å². The Hall–Kier alpha value is 3.64. The number of hydrogen-bond acceptors (Lipinski definition) is 4. The predicted octanol–water partition coefficient (Wildman–Crippen LogP) is -9.51. The third kappa shape index (κ3) is 22.6. The van der Waals surface area contributed by atoms with Crippen molar-refractivity contribution in [2.45, 2.75) is 0 Å². The molecule has 0 aliphatic carbocycles. The molecule has 0 spiro atoms. The quantitative estimate of drug-likeness (QED) is 0.321. The maximum absolute atomic E-state index is 8.93. The first-order valence-electron chi connectivity index (χ1n) is 1.07. The summed E-state index contributed by atoms with van der Waals surface area (Å²) in [6.45, 7) is 0. The fourth-order valence-corrected chi connectivity index (χ4v) is 0. The summed E-state index contributed by atoms with van der Waals surface area (Å²) >= 11 is 0. The third-order valence-corrected chi connectivity index (χ3v) is 0.167. The van der Waals surface area contributed by atoms with Gasteiger partial charge in [0.15, 0.2) is 0 Å². The Morgan fingerprint density at radius 3 is 0.900 bits per heavy atom. The van der Waals surface area contributed by atoms with Gasteiger partial charge < -0.3 is 19.8 Å². The molecule has 10 heavy (non-hydrogen) atoms. The van der Waals surface area contributed by atoms with Crippen LogP contribution in [0.15, 0.2) is 0 Å². The SMILES string of the molecule is O=C([O-])C(=O)[O-].[K+].[K+].[Ti].[Ti]. The van der Waals surface area contributed by atoms with Gasteiger partial charge in [-0.05, 0) is 0 Å². The van der Waals surface area contributed by atoms with E-state index in [4.69, 9.17) is 19.8 Å². The molecule has 0 aliphatic rings. The molecule has 0 aromatic rings. The Kier molecular flexibility index (Phi) is 53.8. The maximum Gasteiger partial charge on any atom is 1.00 e. The summed E-state index contributed by atoms with van der Waals surface area (Å²) in [4.78, 5) is 17.9. The molecule has 0 N–H and O–H groups in total. The van der Waals surface area contributed by atoms with Crippen molar-refractivity contribution in [3.05, 3.63) is 0 Å². The number of carbonyl (C=O) groups excluding carboxylic acids is 2. The van der Waals surface area contributed by atoms with Gasteiger partial charge >= 0.3 is 103 Å². The van der Waals surface area contributed by atoms with Crippen molar-refractivity contribution in [1.29, 1.82) is 0 Å². The Morgan fingerprint density at radius 2 is 0.900 bits per heavy atom. The van der Waals surface area contributed by atoms with Crippen molar-refractivity contribution in [2.24, 2.45) is 0 Å². The van der Waals surface area contributed by atoms with Crippen LogP contribution in [0.1, 0.15) is 0 Å². The maximum atomic E-state index is 8.93. The summed E-state index contributed by atoms with van der Waals surface area (Å²) in [5.74, 6) is -4.37. The zero-order chi connectivity index (χ0) is 5.15. The molecular weight excluding hydrogens is 262 g/mol. The number of carboxylic acids is 2. The predicted molar refractivity (Wildman–Crippen MR) is 10.0 cm³/mol. The number of carboxylic acid groups (broad SMARTS) is 2. The Morgan fingerprint density at radius 1 is 0.800 bits per heavy atom. The van der Waals surface area contributed by atoms with Crippen LogP contribution in [0.3, 0.4) is 0 Å². The molecule has 0 saturated carbocycles. The van der Waals surface area contributed by atoms with Gasteiger partial charge in [-0.3, -0.25) is 0 Å². The van der Waals surface area contributed by atoms with E-state index >= 15 is 0 Å². The van der Waals surface area contributed by atoms with Crippen LogP contribution in [-0.4, -0.2) is 11.9 Å². The minimum atomic E-state index is -2.19. The van der Waals surface area contributed by atoms with Gasteiger partial charge in [0.25, 0.3) is 0 Å². The molecule has 4 nitrogen and oxygen atoms in total. The van der Waals surface area contributed by atoms with E-state index in [2.05, 4.69) is 0 Å². The molecule has 0 heterocycles. The normalized spacial score (nSPS) is 4.40. The Labute approximate surface area is 173 Å². The number of hydrogen-bond donors (Lipinski definition) is 0. The van der Waals surface area contributed by atoms with Gasteiger partial charge in [0.1, 0.15) is 0 Å². The van der Waals surface area contributed by atoms with Crippen LogP contribution in [0.5, 0.6) is 0 Å². The minimum Gasteiger partial charge on any atom is -0.543 e. The summed E-state index contributed by atoms with van der Waals surface area (Å²) in [5.41, 5.74) is 0. The van der Waals surface area contributed by atoms with Crippen LogP contribution in [0.4, 0.5) is 0 Å². The second kappa shape index (κ2) is 18.4. The molecule has 0 amide bonds. The van der Waals surface area contributed by atoms with E-state index < -0.39 is 11.9 Å². The van der Waals surface area contributed by atoms with Gasteiger partial charge in [0.2, 0.25) is 0 Å². The van der Waals surface area contributed by atoms with E-state index in [1.165, 1.54) is 0 Å². The van der Waals surface area contributed by atoms with E-state index in [-0.39, 0.29) is 146 Å². The van der Waals surface area contributed by atoms with E-state index in [0.29, 0.717) is 0 Å². The largest absolute Gasteiger partial charge is 1.00 e. The first-order valence-corrected chi connectivity index (χ1v) is 1.07. The number of aliphatic carboxylic acids is 2. The van der Waals surface area contributed by atoms with Gasteiger partial charge in [0.05, 0.1) is 11.9 Å². The zero-order valence-corrected chi connectivity index (χ0v) is 15.0. The average Bonchev–Trinajstić information content (AvgIpc) is 1.36. The smallest absolute Gasteiger partial charge is 0.543 e. The van der Waals surface area contributed by atoms with Crippen molar-refractivity contribution >= 4 is 11.9 Å². The second-order valence-electron chi connectivity index (χ2n) is 0.575. The molecule has 0 aromatic carbocycles.